The smallest absolute Gasteiger partial charge is 0.407 e. The van der Waals surface area contributed by atoms with Crippen molar-refractivity contribution in [2.24, 2.45) is 0 Å². The predicted molar refractivity (Wildman–Crippen MR) is 63.2 cm³/mol. The molecule has 1 saturated heterocycles. The highest BCUT2D eigenvalue weighted by Crippen LogP contribution is 2.09. The van der Waals surface area contributed by atoms with Crippen LogP contribution >= 0.6 is 0 Å². The number of carbonyl (C=O) groups is 2. The highest BCUT2D eigenvalue weighted by molar-refractivity contribution is 5.78. The van der Waals surface area contributed by atoms with E-state index in [0.717, 1.165) is 19.4 Å². The van der Waals surface area contributed by atoms with Crippen LogP contribution in [-0.4, -0.2) is 43.1 Å². The Morgan fingerprint density at radius 1 is 1.59 bits per heavy atom. The van der Waals surface area contributed by atoms with Crippen molar-refractivity contribution in [3.8, 4) is 12.3 Å². The summed E-state index contributed by atoms with van der Waals surface area (Å²) in [6, 6.07) is 0. The maximum atomic E-state index is 11.3. The largest absolute Gasteiger partial charge is 0.449 e. The second-order valence-electron chi connectivity index (χ2n) is 3.85. The van der Waals surface area contributed by atoms with Crippen LogP contribution in [0.3, 0.4) is 0 Å². The normalized spacial score (nSPS) is 14.5. The third-order valence-corrected chi connectivity index (χ3v) is 2.53. The average Bonchev–Trinajstić information content (AvgIpc) is 2.71. The van der Waals surface area contributed by atoms with E-state index in [-0.39, 0.29) is 12.5 Å². The number of rotatable bonds is 6. The van der Waals surface area contributed by atoms with E-state index in [2.05, 4.69) is 11.2 Å². The van der Waals surface area contributed by atoms with Gasteiger partial charge in [-0.1, -0.05) is 0 Å². The van der Waals surface area contributed by atoms with E-state index >= 15 is 0 Å². The van der Waals surface area contributed by atoms with Crippen LogP contribution in [0.2, 0.25) is 0 Å². The number of amides is 2. The summed E-state index contributed by atoms with van der Waals surface area (Å²) >= 11 is 0. The van der Waals surface area contributed by atoms with Crippen LogP contribution in [0.1, 0.15) is 25.7 Å². The minimum absolute atomic E-state index is 0.210. The van der Waals surface area contributed by atoms with Crippen molar-refractivity contribution < 1.29 is 14.3 Å². The van der Waals surface area contributed by atoms with Crippen LogP contribution in [0.25, 0.3) is 0 Å². The number of nitrogens with one attached hydrogen (secondary N) is 1. The van der Waals surface area contributed by atoms with E-state index in [4.69, 9.17) is 11.2 Å². The molecule has 1 fully saturated rings. The number of terminal acetylenes is 1. The Morgan fingerprint density at radius 2 is 2.41 bits per heavy atom. The first kappa shape index (κ1) is 13.4. The Labute approximate surface area is 101 Å². The van der Waals surface area contributed by atoms with Gasteiger partial charge in [-0.25, -0.2) is 4.79 Å². The molecule has 1 rings (SSSR count). The lowest BCUT2D eigenvalue weighted by atomic mass is 10.4. The topological polar surface area (TPSA) is 58.6 Å². The zero-order valence-corrected chi connectivity index (χ0v) is 9.91. The molecule has 2 amide bonds. The molecule has 17 heavy (non-hydrogen) atoms. The van der Waals surface area contributed by atoms with Crippen LogP contribution in [-0.2, 0) is 9.53 Å². The number of nitrogens with zero attached hydrogens (tertiary/aromatic N) is 1. The summed E-state index contributed by atoms with van der Waals surface area (Å²) in [4.78, 5) is 24.2. The van der Waals surface area contributed by atoms with Crippen LogP contribution in [0.4, 0.5) is 4.79 Å². The second-order valence-corrected chi connectivity index (χ2v) is 3.85. The summed E-state index contributed by atoms with van der Waals surface area (Å²) in [7, 11) is 0. The van der Waals surface area contributed by atoms with Gasteiger partial charge in [-0.3, -0.25) is 4.79 Å². The van der Waals surface area contributed by atoms with E-state index < -0.39 is 6.09 Å². The van der Waals surface area contributed by atoms with Crippen LogP contribution in [0, 0.1) is 12.3 Å². The van der Waals surface area contributed by atoms with Gasteiger partial charge >= 0.3 is 6.09 Å². The highest BCUT2D eigenvalue weighted by atomic mass is 16.5. The number of likely N-dealkylation sites (tertiary alicyclic amines) is 1. The summed E-state index contributed by atoms with van der Waals surface area (Å²) in [6.07, 6.45) is 7.34. The first-order chi connectivity index (χ1) is 8.24. The zero-order chi connectivity index (χ0) is 12.5. The van der Waals surface area contributed by atoms with Crippen LogP contribution in [0.15, 0.2) is 0 Å². The van der Waals surface area contributed by atoms with Crippen molar-refractivity contribution in [1.82, 2.24) is 10.2 Å². The Kier molecular flexibility index (Phi) is 5.94. The van der Waals surface area contributed by atoms with Gasteiger partial charge in [0.05, 0.1) is 0 Å². The lowest BCUT2D eigenvalue weighted by Crippen LogP contribution is -2.31. The molecule has 0 aromatic heterocycles. The fraction of sp³-hybridized carbons (Fsp3) is 0.667. The van der Waals surface area contributed by atoms with Crippen molar-refractivity contribution in [3.63, 3.8) is 0 Å². The quantitative estimate of drug-likeness (QED) is 0.548. The lowest BCUT2D eigenvalue weighted by molar-refractivity contribution is -0.127. The Bertz CT molecular complexity index is 309. The van der Waals surface area contributed by atoms with Crippen molar-refractivity contribution >= 4 is 12.0 Å². The molecular weight excluding hydrogens is 220 g/mol. The van der Waals surface area contributed by atoms with Gasteiger partial charge in [0.15, 0.2) is 0 Å². The molecule has 0 atom stereocenters. The maximum absolute atomic E-state index is 11.3. The number of ether oxygens (including phenoxy) is 1. The van der Waals surface area contributed by atoms with Gasteiger partial charge < -0.3 is 15.0 Å². The third kappa shape index (κ3) is 5.25. The molecule has 0 aromatic rings. The van der Waals surface area contributed by atoms with Crippen molar-refractivity contribution in [1.29, 1.82) is 0 Å². The predicted octanol–water partition coefficient (Wildman–Crippen LogP) is 0.748. The van der Waals surface area contributed by atoms with E-state index in [0.29, 0.717) is 25.9 Å². The fourth-order valence-corrected chi connectivity index (χ4v) is 1.65. The zero-order valence-electron chi connectivity index (χ0n) is 9.91. The molecule has 1 N–H and O–H groups in total. The SMILES string of the molecule is C#CCCOC(=O)NCCCN1CCCC1=O. The van der Waals surface area contributed by atoms with Gasteiger partial charge in [-0.15, -0.1) is 12.3 Å². The Morgan fingerprint density at radius 3 is 3.06 bits per heavy atom. The molecule has 0 spiro atoms. The average molecular weight is 238 g/mol. The maximum Gasteiger partial charge on any atom is 0.407 e. The molecule has 94 valence electrons. The van der Waals surface area contributed by atoms with Crippen LogP contribution in [0.5, 0.6) is 0 Å². The van der Waals surface area contributed by atoms with E-state index in [1.807, 2.05) is 4.90 Å². The molecule has 0 aliphatic carbocycles. The highest BCUT2D eigenvalue weighted by Gasteiger charge is 2.18. The van der Waals surface area contributed by atoms with Crippen molar-refractivity contribution in [2.45, 2.75) is 25.7 Å². The minimum atomic E-state index is -0.451. The molecule has 0 saturated carbocycles. The standard InChI is InChI=1S/C12H18N2O3/c1-2-3-10-17-12(16)13-7-5-9-14-8-4-6-11(14)15/h1H,3-10H2,(H,13,16). The first-order valence-corrected chi connectivity index (χ1v) is 5.86. The van der Waals surface area contributed by atoms with Gasteiger partial charge in [0.25, 0.3) is 0 Å². The van der Waals surface area contributed by atoms with Gasteiger partial charge in [0.1, 0.15) is 6.61 Å². The van der Waals surface area contributed by atoms with Crippen molar-refractivity contribution in [3.05, 3.63) is 0 Å². The molecule has 1 heterocycles. The summed E-state index contributed by atoms with van der Waals surface area (Å²) in [6.45, 7) is 2.29. The van der Waals surface area contributed by atoms with Gasteiger partial charge in [-0.05, 0) is 12.8 Å². The van der Waals surface area contributed by atoms with E-state index in [9.17, 15) is 9.59 Å². The molecule has 0 bridgehead atoms. The van der Waals surface area contributed by atoms with E-state index in [1.165, 1.54) is 0 Å². The molecule has 1 aliphatic rings. The van der Waals surface area contributed by atoms with Gasteiger partial charge in [-0.2, -0.15) is 0 Å². The van der Waals surface area contributed by atoms with Gasteiger partial charge in [0.2, 0.25) is 5.91 Å². The summed E-state index contributed by atoms with van der Waals surface area (Å²) in [5, 5.41) is 2.61. The number of hydrogen-bond acceptors (Lipinski definition) is 3. The molecule has 1 aliphatic heterocycles. The third-order valence-electron chi connectivity index (χ3n) is 2.53. The molecule has 5 nitrogen and oxygen atoms in total. The lowest BCUT2D eigenvalue weighted by Gasteiger charge is -2.15. The molecule has 0 radical (unpaired) electrons. The summed E-state index contributed by atoms with van der Waals surface area (Å²) in [5.74, 6) is 2.59. The van der Waals surface area contributed by atoms with Crippen LogP contribution < -0.4 is 5.32 Å². The number of alkyl carbamates (subject to hydrolysis) is 1. The first-order valence-electron chi connectivity index (χ1n) is 5.86. The Hall–Kier alpha value is -1.70. The van der Waals surface area contributed by atoms with E-state index in [1.54, 1.807) is 0 Å². The Balaban J connectivity index is 1.98. The molecule has 5 heteroatoms. The fourth-order valence-electron chi connectivity index (χ4n) is 1.65. The number of carbonyl (C=O) groups excluding carboxylic acids is 2. The monoisotopic (exact) mass is 238 g/mol. The minimum Gasteiger partial charge on any atom is -0.449 e. The molecular formula is C12H18N2O3. The molecule has 0 aromatic carbocycles. The van der Waals surface area contributed by atoms with Gasteiger partial charge in [0, 0.05) is 32.5 Å². The van der Waals surface area contributed by atoms with Crippen molar-refractivity contribution in [2.75, 3.05) is 26.2 Å². The number of hydrogen-bond donors (Lipinski definition) is 1. The second kappa shape index (κ2) is 7.55. The summed E-state index contributed by atoms with van der Waals surface area (Å²) in [5.41, 5.74) is 0. The summed E-state index contributed by atoms with van der Waals surface area (Å²) < 4.78 is 4.80. The molecule has 0 unspecified atom stereocenters.